The first-order valence-corrected chi connectivity index (χ1v) is 7.25. The molecular weight excluding hydrogens is 282 g/mol. The molecular formula is C15H23N5O2. The van der Waals surface area contributed by atoms with Crippen molar-refractivity contribution in [1.29, 1.82) is 0 Å². The molecule has 0 aliphatic heterocycles. The van der Waals surface area contributed by atoms with E-state index < -0.39 is 0 Å². The van der Waals surface area contributed by atoms with Gasteiger partial charge in [0, 0.05) is 26.3 Å². The summed E-state index contributed by atoms with van der Waals surface area (Å²) in [5, 5.41) is 9.81. The van der Waals surface area contributed by atoms with Gasteiger partial charge in [-0.15, -0.1) is 0 Å². The Bertz CT molecular complexity index is 577. The van der Waals surface area contributed by atoms with Gasteiger partial charge >= 0.3 is 6.03 Å². The van der Waals surface area contributed by atoms with E-state index in [1.165, 1.54) is 0 Å². The molecule has 22 heavy (non-hydrogen) atoms. The van der Waals surface area contributed by atoms with Crippen LogP contribution in [0.4, 0.5) is 4.79 Å². The summed E-state index contributed by atoms with van der Waals surface area (Å²) in [6.07, 6.45) is 6.15. The van der Waals surface area contributed by atoms with E-state index in [2.05, 4.69) is 15.7 Å². The van der Waals surface area contributed by atoms with E-state index in [1.807, 2.05) is 44.4 Å². The number of nitrogens with one attached hydrogen (secondary N) is 2. The quantitative estimate of drug-likeness (QED) is 0.805. The van der Waals surface area contributed by atoms with Gasteiger partial charge in [-0.05, 0) is 38.2 Å². The van der Waals surface area contributed by atoms with Gasteiger partial charge in [-0.3, -0.25) is 9.58 Å². The predicted octanol–water partition coefficient (Wildman–Crippen LogP) is 1.16. The summed E-state index contributed by atoms with van der Waals surface area (Å²) >= 11 is 0. The summed E-state index contributed by atoms with van der Waals surface area (Å²) in [6.45, 7) is 1.06. The number of urea groups is 1. The first-order valence-electron chi connectivity index (χ1n) is 7.25. The van der Waals surface area contributed by atoms with Crippen molar-refractivity contribution in [3.05, 3.63) is 42.1 Å². The van der Waals surface area contributed by atoms with Gasteiger partial charge in [0.25, 0.3) is 0 Å². The van der Waals surface area contributed by atoms with Crippen LogP contribution in [0.5, 0.6) is 0 Å². The second-order valence-corrected chi connectivity index (χ2v) is 5.40. The molecule has 2 amide bonds. The SMILES string of the molecule is CN(C)C(CNC(=O)NCCc1cnn(C)c1)c1ccco1. The predicted molar refractivity (Wildman–Crippen MR) is 83.4 cm³/mol. The van der Waals surface area contributed by atoms with Crippen molar-refractivity contribution in [1.82, 2.24) is 25.3 Å². The van der Waals surface area contributed by atoms with Crippen LogP contribution in [0.3, 0.4) is 0 Å². The summed E-state index contributed by atoms with van der Waals surface area (Å²) in [7, 11) is 5.78. The highest BCUT2D eigenvalue weighted by Crippen LogP contribution is 2.17. The number of furan rings is 1. The molecule has 0 saturated heterocycles. The molecule has 0 fully saturated rings. The van der Waals surface area contributed by atoms with Crippen molar-refractivity contribution in [3.8, 4) is 0 Å². The van der Waals surface area contributed by atoms with Crippen molar-refractivity contribution in [3.63, 3.8) is 0 Å². The van der Waals surface area contributed by atoms with Crippen LogP contribution in [-0.4, -0.2) is 47.9 Å². The Kier molecular flexibility index (Phi) is 5.60. The third-order valence-corrected chi connectivity index (χ3v) is 3.41. The summed E-state index contributed by atoms with van der Waals surface area (Å²) in [5.74, 6) is 0.834. The number of hydrogen-bond donors (Lipinski definition) is 2. The summed E-state index contributed by atoms with van der Waals surface area (Å²) < 4.78 is 7.16. The molecule has 7 heteroatoms. The second kappa shape index (κ2) is 7.65. The first kappa shape index (κ1) is 16.1. The Morgan fingerprint density at radius 3 is 2.86 bits per heavy atom. The Morgan fingerprint density at radius 2 is 2.27 bits per heavy atom. The van der Waals surface area contributed by atoms with Crippen molar-refractivity contribution >= 4 is 6.03 Å². The lowest BCUT2D eigenvalue weighted by atomic mass is 10.2. The van der Waals surface area contributed by atoms with Gasteiger partial charge in [-0.1, -0.05) is 0 Å². The van der Waals surface area contributed by atoms with Gasteiger partial charge in [-0.2, -0.15) is 5.10 Å². The van der Waals surface area contributed by atoms with Crippen LogP contribution in [0, 0.1) is 0 Å². The molecule has 2 rings (SSSR count). The number of hydrogen-bond acceptors (Lipinski definition) is 4. The molecule has 0 spiro atoms. The minimum Gasteiger partial charge on any atom is -0.468 e. The summed E-state index contributed by atoms with van der Waals surface area (Å²) in [5.41, 5.74) is 1.10. The summed E-state index contributed by atoms with van der Waals surface area (Å²) in [4.78, 5) is 13.9. The number of aromatic nitrogens is 2. The van der Waals surface area contributed by atoms with Crippen molar-refractivity contribution in [2.75, 3.05) is 27.2 Å². The molecule has 0 bridgehead atoms. The number of nitrogens with zero attached hydrogens (tertiary/aromatic N) is 3. The maximum absolute atomic E-state index is 11.8. The lowest BCUT2D eigenvalue weighted by molar-refractivity contribution is 0.225. The third-order valence-electron chi connectivity index (χ3n) is 3.41. The highest BCUT2D eigenvalue weighted by Gasteiger charge is 2.17. The van der Waals surface area contributed by atoms with Crippen LogP contribution in [-0.2, 0) is 13.5 Å². The average molecular weight is 305 g/mol. The fourth-order valence-corrected chi connectivity index (χ4v) is 2.19. The van der Waals surface area contributed by atoms with E-state index in [-0.39, 0.29) is 12.1 Å². The van der Waals surface area contributed by atoms with Gasteiger partial charge in [0.1, 0.15) is 5.76 Å². The Labute approximate surface area is 130 Å². The van der Waals surface area contributed by atoms with Crippen LogP contribution < -0.4 is 10.6 Å². The Balaban J connectivity index is 1.72. The van der Waals surface area contributed by atoms with Crippen LogP contribution in [0.25, 0.3) is 0 Å². The van der Waals surface area contributed by atoms with E-state index in [9.17, 15) is 4.79 Å². The minimum atomic E-state index is -0.178. The maximum atomic E-state index is 11.8. The molecule has 0 aliphatic carbocycles. The monoisotopic (exact) mass is 305 g/mol. The number of carbonyl (C=O) groups excluding carboxylic acids is 1. The highest BCUT2D eigenvalue weighted by molar-refractivity contribution is 5.73. The van der Waals surface area contributed by atoms with Gasteiger partial charge in [-0.25, -0.2) is 4.79 Å². The molecule has 2 N–H and O–H groups in total. The zero-order chi connectivity index (χ0) is 15.9. The zero-order valence-corrected chi connectivity index (χ0v) is 13.2. The maximum Gasteiger partial charge on any atom is 0.314 e. The number of likely N-dealkylation sites (N-methyl/N-ethyl adjacent to an activating group) is 1. The van der Waals surface area contributed by atoms with Gasteiger partial charge in [0.15, 0.2) is 0 Å². The smallest absolute Gasteiger partial charge is 0.314 e. The van der Waals surface area contributed by atoms with Gasteiger partial charge in [0.05, 0.1) is 18.5 Å². The minimum absolute atomic E-state index is 0.0130. The van der Waals surface area contributed by atoms with Crippen molar-refractivity contribution in [2.24, 2.45) is 7.05 Å². The number of carbonyl (C=O) groups is 1. The average Bonchev–Trinajstić information content (AvgIpc) is 3.11. The molecule has 0 saturated carbocycles. The molecule has 2 aromatic rings. The molecule has 1 unspecified atom stereocenters. The fraction of sp³-hybridized carbons (Fsp3) is 0.467. The summed E-state index contributed by atoms with van der Waals surface area (Å²) in [6, 6.07) is 3.59. The molecule has 2 aromatic heterocycles. The highest BCUT2D eigenvalue weighted by atomic mass is 16.3. The molecule has 7 nitrogen and oxygen atoms in total. The lowest BCUT2D eigenvalue weighted by Gasteiger charge is -2.22. The first-order chi connectivity index (χ1) is 10.6. The third kappa shape index (κ3) is 4.63. The van der Waals surface area contributed by atoms with Crippen LogP contribution in [0.15, 0.2) is 35.2 Å². The van der Waals surface area contributed by atoms with Crippen LogP contribution >= 0.6 is 0 Å². The molecule has 0 aliphatic rings. The van der Waals surface area contributed by atoms with Crippen molar-refractivity contribution < 1.29 is 9.21 Å². The standard InChI is InChI=1S/C15H23N5O2/c1-19(2)13(14-5-4-8-22-14)10-17-15(21)16-7-6-12-9-18-20(3)11-12/h4-5,8-9,11,13H,6-7,10H2,1-3H3,(H2,16,17,21). The fourth-order valence-electron chi connectivity index (χ4n) is 2.19. The molecule has 120 valence electrons. The van der Waals surface area contributed by atoms with Crippen LogP contribution in [0.2, 0.25) is 0 Å². The number of rotatable bonds is 7. The van der Waals surface area contributed by atoms with Gasteiger partial charge < -0.3 is 15.1 Å². The molecule has 2 heterocycles. The topological polar surface area (TPSA) is 75.3 Å². The molecule has 0 radical (unpaired) electrons. The second-order valence-electron chi connectivity index (χ2n) is 5.40. The van der Waals surface area contributed by atoms with E-state index in [0.717, 1.165) is 17.7 Å². The Hall–Kier alpha value is -2.28. The zero-order valence-electron chi connectivity index (χ0n) is 13.2. The van der Waals surface area contributed by atoms with E-state index >= 15 is 0 Å². The van der Waals surface area contributed by atoms with Crippen molar-refractivity contribution in [2.45, 2.75) is 12.5 Å². The number of aryl methyl sites for hydroxylation is 1. The van der Waals surface area contributed by atoms with E-state index in [0.29, 0.717) is 13.1 Å². The van der Waals surface area contributed by atoms with E-state index in [4.69, 9.17) is 4.42 Å². The largest absolute Gasteiger partial charge is 0.468 e. The molecule has 1 atom stereocenters. The number of amides is 2. The van der Waals surface area contributed by atoms with Crippen LogP contribution in [0.1, 0.15) is 17.4 Å². The lowest BCUT2D eigenvalue weighted by Crippen LogP contribution is -2.41. The van der Waals surface area contributed by atoms with E-state index in [1.54, 1.807) is 17.1 Å². The Morgan fingerprint density at radius 1 is 1.45 bits per heavy atom. The normalized spacial score (nSPS) is 12.4. The molecule has 0 aromatic carbocycles. The van der Waals surface area contributed by atoms with Gasteiger partial charge in [0.2, 0.25) is 0 Å².